The molecule has 0 radical (unpaired) electrons. The lowest BCUT2D eigenvalue weighted by Gasteiger charge is -2.37. The molecule has 0 saturated heterocycles. The van der Waals surface area contributed by atoms with Crippen LogP contribution in [-0.4, -0.2) is 47.0 Å². The van der Waals surface area contributed by atoms with Crippen molar-refractivity contribution in [3.63, 3.8) is 0 Å². The number of rotatable bonds is 4. The second kappa shape index (κ2) is 7.15. The molecule has 3 aromatic rings. The highest BCUT2D eigenvalue weighted by Crippen LogP contribution is 2.45. The van der Waals surface area contributed by atoms with E-state index < -0.39 is 0 Å². The first-order valence-corrected chi connectivity index (χ1v) is 10.0. The standard InChI is InChI=1S/C22H23N3O4/c1-3-28-21-10-14-15-9-13(26)5-7-17(15)23-22(16(14)11-20(21)27-2)12-4-6-18-19(8-12)25-29-24-18/h4,6,8,10-11,13,15,17,26H,3,5,7,9H2,1-2H3. The summed E-state index contributed by atoms with van der Waals surface area (Å²) >= 11 is 0. The topological polar surface area (TPSA) is 90.0 Å². The van der Waals surface area contributed by atoms with Crippen molar-refractivity contribution >= 4 is 16.7 Å². The Morgan fingerprint density at radius 2 is 1.97 bits per heavy atom. The maximum Gasteiger partial charge on any atom is 0.161 e. The van der Waals surface area contributed by atoms with Gasteiger partial charge in [0.1, 0.15) is 11.0 Å². The summed E-state index contributed by atoms with van der Waals surface area (Å²) < 4.78 is 16.3. The van der Waals surface area contributed by atoms with E-state index in [0.29, 0.717) is 29.8 Å². The number of methoxy groups -OCH3 is 1. The van der Waals surface area contributed by atoms with Crippen molar-refractivity contribution in [2.45, 2.75) is 44.2 Å². The van der Waals surface area contributed by atoms with E-state index in [2.05, 4.69) is 16.4 Å². The summed E-state index contributed by atoms with van der Waals surface area (Å²) in [6, 6.07) is 10.0. The smallest absolute Gasteiger partial charge is 0.161 e. The van der Waals surface area contributed by atoms with Gasteiger partial charge in [0.25, 0.3) is 0 Å². The van der Waals surface area contributed by atoms with Crippen LogP contribution in [0.15, 0.2) is 40.0 Å². The molecule has 1 fully saturated rings. The molecule has 7 heteroatoms. The van der Waals surface area contributed by atoms with Gasteiger partial charge in [0.2, 0.25) is 0 Å². The number of hydrogen-bond acceptors (Lipinski definition) is 7. The molecule has 0 spiro atoms. The predicted molar refractivity (Wildman–Crippen MR) is 108 cm³/mol. The fourth-order valence-electron chi connectivity index (χ4n) is 4.53. The third-order valence-corrected chi connectivity index (χ3v) is 5.90. The summed E-state index contributed by atoms with van der Waals surface area (Å²) in [7, 11) is 1.64. The van der Waals surface area contributed by atoms with Gasteiger partial charge < -0.3 is 14.6 Å². The highest BCUT2D eigenvalue weighted by atomic mass is 16.6. The molecule has 2 aromatic carbocycles. The van der Waals surface area contributed by atoms with Crippen molar-refractivity contribution in [3.8, 4) is 11.5 Å². The van der Waals surface area contributed by atoms with Crippen LogP contribution in [0, 0.1) is 0 Å². The zero-order valence-corrected chi connectivity index (χ0v) is 16.5. The van der Waals surface area contributed by atoms with Crippen molar-refractivity contribution in [1.82, 2.24) is 10.3 Å². The lowest BCUT2D eigenvalue weighted by molar-refractivity contribution is 0.111. The van der Waals surface area contributed by atoms with Crippen molar-refractivity contribution in [2.75, 3.05) is 13.7 Å². The highest BCUT2D eigenvalue weighted by Gasteiger charge is 2.37. The van der Waals surface area contributed by atoms with Crippen LogP contribution in [-0.2, 0) is 0 Å². The Morgan fingerprint density at radius 3 is 2.79 bits per heavy atom. The lowest BCUT2D eigenvalue weighted by atomic mass is 9.74. The molecule has 150 valence electrons. The van der Waals surface area contributed by atoms with Crippen LogP contribution in [0.5, 0.6) is 11.5 Å². The second-order valence-electron chi connectivity index (χ2n) is 7.61. The van der Waals surface area contributed by atoms with E-state index in [1.165, 1.54) is 0 Å². The number of benzene rings is 2. The van der Waals surface area contributed by atoms with Crippen molar-refractivity contribution in [2.24, 2.45) is 4.99 Å². The Hall–Kier alpha value is -2.93. The number of fused-ring (bicyclic) bond motifs is 4. The Balaban J connectivity index is 1.69. The maximum absolute atomic E-state index is 10.3. The molecule has 1 aliphatic carbocycles. The van der Waals surface area contributed by atoms with Crippen molar-refractivity contribution in [1.29, 1.82) is 0 Å². The Labute approximate surface area is 168 Å². The van der Waals surface area contributed by atoms with Gasteiger partial charge in [0, 0.05) is 17.0 Å². The molecule has 1 aromatic heterocycles. The summed E-state index contributed by atoms with van der Waals surface area (Å²) in [5.41, 5.74) is 5.45. The molecule has 29 heavy (non-hydrogen) atoms. The van der Waals surface area contributed by atoms with Crippen LogP contribution < -0.4 is 9.47 Å². The summed E-state index contributed by atoms with van der Waals surface area (Å²) in [6.45, 7) is 2.52. The van der Waals surface area contributed by atoms with Crippen molar-refractivity contribution in [3.05, 3.63) is 47.0 Å². The number of aliphatic hydroxyl groups is 1. The maximum atomic E-state index is 10.3. The molecule has 0 amide bonds. The fraction of sp³-hybridized carbons (Fsp3) is 0.409. The quantitative estimate of drug-likeness (QED) is 0.730. The summed E-state index contributed by atoms with van der Waals surface area (Å²) in [4.78, 5) is 5.12. The van der Waals surface area contributed by atoms with E-state index >= 15 is 0 Å². The molecule has 7 nitrogen and oxygen atoms in total. The van der Waals surface area contributed by atoms with E-state index in [-0.39, 0.29) is 18.1 Å². The average Bonchev–Trinajstić information content (AvgIpc) is 3.21. The predicted octanol–water partition coefficient (Wildman–Crippen LogP) is 3.48. The third-order valence-electron chi connectivity index (χ3n) is 5.90. The Bertz CT molecular complexity index is 1090. The van der Waals surface area contributed by atoms with Crippen LogP contribution in [0.25, 0.3) is 11.0 Å². The van der Waals surface area contributed by atoms with E-state index in [1.54, 1.807) is 7.11 Å². The SMILES string of the molecule is CCOc1cc2c(cc1OC)C(c1ccc3nonc3c1)=NC1CCC(O)CC21. The zero-order chi connectivity index (χ0) is 20.0. The summed E-state index contributed by atoms with van der Waals surface area (Å²) in [6.07, 6.45) is 2.04. The van der Waals surface area contributed by atoms with Gasteiger partial charge in [0.05, 0.1) is 31.6 Å². The number of hydrogen-bond donors (Lipinski definition) is 1. The first-order valence-electron chi connectivity index (χ1n) is 10.0. The molecular formula is C22H23N3O4. The molecule has 1 N–H and O–H groups in total. The monoisotopic (exact) mass is 393 g/mol. The minimum atomic E-state index is -0.295. The molecule has 2 aliphatic rings. The summed E-state index contributed by atoms with van der Waals surface area (Å²) in [5.74, 6) is 1.57. The number of ether oxygens (including phenoxy) is 2. The van der Waals surface area contributed by atoms with Gasteiger partial charge in [-0.25, -0.2) is 4.63 Å². The first kappa shape index (κ1) is 18.1. The van der Waals surface area contributed by atoms with Crippen LogP contribution >= 0.6 is 0 Å². The Kier molecular flexibility index (Phi) is 4.47. The Morgan fingerprint density at radius 1 is 1.10 bits per heavy atom. The molecule has 3 unspecified atom stereocenters. The zero-order valence-electron chi connectivity index (χ0n) is 16.5. The van der Waals surface area contributed by atoms with Gasteiger partial charge in [-0.3, -0.25) is 4.99 Å². The molecule has 3 atom stereocenters. The first-order chi connectivity index (χ1) is 14.2. The number of aliphatic imine (C=N–C) groups is 1. The van der Waals surface area contributed by atoms with Gasteiger partial charge in [-0.05, 0) is 66.3 Å². The van der Waals surface area contributed by atoms with E-state index in [9.17, 15) is 5.11 Å². The number of aromatic nitrogens is 2. The van der Waals surface area contributed by atoms with Gasteiger partial charge in [-0.1, -0.05) is 6.07 Å². The fourth-order valence-corrected chi connectivity index (χ4v) is 4.53. The van der Waals surface area contributed by atoms with Gasteiger partial charge >= 0.3 is 0 Å². The minimum Gasteiger partial charge on any atom is -0.493 e. The molecule has 0 bridgehead atoms. The normalized spacial score (nSPS) is 23.3. The minimum absolute atomic E-state index is 0.134. The molecule has 1 saturated carbocycles. The number of aliphatic hydroxyl groups excluding tert-OH is 1. The van der Waals surface area contributed by atoms with E-state index in [1.807, 2.05) is 31.2 Å². The number of nitrogens with zero attached hydrogens (tertiary/aromatic N) is 3. The molecule has 1 aliphatic heterocycles. The third kappa shape index (κ3) is 3.06. The van der Waals surface area contributed by atoms with E-state index in [0.717, 1.165) is 41.0 Å². The van der Waals surface area contributed by atoms with Gasteiger partial charge in [0.15, 0.2) is 11.5 Å². The van der Waals surface area contributed by atoms with Gasteiger partial charge in [-0.2, -0.15) is 0 Å². The molecule has 2 heterocycles. The largest absolute Gasteiger partial charge is 0.493 e. The van der Waals surface area contributed by atoms with Crippen molar-refractivity contribution < 1.29 is 19.2 Å². The molecular weight excluding hydrogens is 370 g/mol. The lowest BCUT2D eigenvalue weighted by Crippen LogP contribution is -2.34. The molecule has 5 rings (SSSR count). The van der Waals surface area contributed by atoms with Crippen LogP contribution in [0.1, 0.15) is 48.8 Å². The van der Waals surface area contributed by atoms with Gasteiger partial charge in [-0.15, -0.1) is 0 Å². The van der Waals surface area contributed by atoms with E-state index in [4.69, 9.17) is 19.1 Å². The second-order valence-corrected chi connectivity index (χ2v) is 7.61. The van der Waals surface area contributed by atoms with Crippen LogP contribution in [0.4, 0.5) is 0 Å². The summed E-state index contributed by atoms with van der Waals surface area (Å²) in [5, 5.41) is 18.2. The van der Waals surface area contributed by atoms with Crippen LogP contribution in [0.3, 0.4) is 0 Å². The van der Waals surface area contributed by atoms with Crippen LogP contribution in [0.2, 0.25) is 0 Å². The highest BCUT2D eigenvalue weighted by molar-refractivity contribution is 6.16. The average molecular weight is 393 g/mol.